The SMILES string of the molecule is Nc1ncccc1-c1cncn1CC1CCCS1. The van der Waals surface area contributed by atoms with Crippen molar-refractivity contribution in [2.45, 2.75) is 24.6 Å². The zero-order valence-electron chi connectivity index (χ0n) is 10.1. The zero-order valence-corrected chi connectivity index (χ0v) is 10.9. The highest BCUT2D eigenvalue weighted by atomic mass is 32.2. The van der Waals surface area contributed by atoms with Crippen molar-refractivity contribution < 1.29 is 0 Å². The number of nitrogens with zero attached hydrogens (tertiary/aromatic N) is 3. The van der Waals surface area contributed by atoms with Gasteiger partial charge in [-0.2, -0.15) is 11.8 Å². The zero-order chi connectivity index (χ0) is 12.4. The van der Waals surface area contributed by atoms with Crippen LogP contribution in [-0.2, 0) is 6.54 Å². The van der Waals surface area contributed by atoms with Crippen molar-refractivity contribution in [2.24, 2.45) is 0 Å². The van der Waals surface area contributed by atoms with Crippen molar-refractivity contribution in [2.75, 3.05) is 11.5 Å². The first-order chi connectivity index (χ1) is 8.84. The molecule has 0 saturated carbocycles. The van der Waals surface area contributed by atoms with Gasteiger partial charge in [-0.1, -0.05) is 0 Å². The fourth-order valence-corrected chi connectivity index (χ4v) is 3.60. The van der Waals surface area contributed by atoms with Crippen LogP contribution < -0.4 is 5.73 Å². The first kappa shape index (κ1) is 11.6. The van der Waals surface area contributed by atoms with E-state index in [1.807, 2.05) is 24.7 Å². The van der Waals surface area contributed by atoms with E-state index in [-0.39, 0.29) is 0 Å². The highest BCUT2D eigenvalue weighted by Gasteiger charge is 2.18. The molecule has 18 heavy (non-hydrogen) atoms. The number of pyridine rings is 1. The molecule has 1 atom stereocenters. The summed E-state index contributed by atoms with van der Waals surface area (Å²) in [7, 11) is 0. The van der Waals surface area contributed by atoms with E-state index in [0.29, 0.717) is 11.1 Å². The van der Waals surface area contributed by atoms with Gasteiger partial charge in [0.25, 0.3) is 0 Å². The summed E-state index contributed by atoms with van der Waals surface area (Å²) >= 11 is 2.05. The molecule has 1 saturated heterocycles. The van der Waals surface area contributed by atoms with Gasteiger partial charge in [-0.25, -0.2) is 9.97 Å². The van der Waals surface area contributed by atoms with Gasteiger partial charge in [0.1, 0.15) is 5.82 Å². The number of rotatable bonds is 3. The lowest BCUT2D eigenvalue weighted by Gasteiger charge is -2.13. The van der Waals surface area contributed by atoms with Gasteiger partial charge < -0.3 is 10.3 Å². The Morgan fingerprint density at radius 1 is 1.50 bits per heavy atom. The molecule has 3 rings (SSSR count). The number of thioether (sulfide) groups is 1. The fraction of sp³-hybridized carbons (Fsp3) is 0.385. The summed E-state index contributed by atoms with van der Waals surface area (Å²) in [4.78, 5) is 8.39. The lowest BCUT2D eigenvalue weighted by atomic mass is 10.2. The van der Waals surface area contributed by atoms with Crippen LogP contribution in [0.15, 0.2) is 30.9 Å². The van der Waals surface area contributed by atoms with Crippen LogP contribution in [0.4, 0.5) is 5.82 Å². The van der Waals surface area contributed by atoms with E-state index in [1.54, 1.807) is 6.20 Å². The Morgan fingerprint density at radius 3 is 3.22 bits per heavy atom. The predicted octanol–water partition coefficient (Wildman–Crippen LogP) is 2.42. The van der Waals surface area contributed by atoms with E-state index in [1.165, 1.54) is 18.6 Å². The van der Waals surface area contributed by atoms with Gasteiger partial charge in [-0.15, -0.1) is 0 Å². The van der Waals surface area contributed by atoms with E-state index >= 15 is 0 Å². The molecular formula is C13H16N4S. The summed E-state index contributed by atoms with van der Waals surface area (Å²) in [6, 6.07) is 3.91. The normalized spacial score (nSPS) is 19.2. The van der Waals surface area contributed by atoms with Crippen molar-refractivity contribution in [3.05, 3.63) is 30.9 Å². The number of hydrogen-bond acceptors (Lipinski definition) is 4. The predicted molar refractivity (Wildman–Crippen MR) is 75.4 cm³/mol. The molecule has 1 unspecified atom stereocenters. The molecule has 1 fully saturated rings. The van der Waals surface area contributed by atoms with E-state index < -0.39 is 0 Å². The van der Waals surface area contributed by atoms with Crippen molar-refractivity contribution in [3.8, 4) is 11.3 Å². The second kappa shape index (κ2) is 5.02. The number of imidazole rings is 1. The molecule has 0 aromatic carbocycles. The third-order valence-corrected chi connectivity index (χ3v) is 4.63. The molecule has 0 amide bonds. The molecule has 1 aliphatic rings. The molecule has 94 valence electrons. The maximum absolute atomic E-state index is 5.93. The fourth-order valence-electron chi connectivity index (χ4n) is 2.33. The minimum Gasteiger partial charge on any atom is -0.383 e. The number of nitrogens with two attached hydrogens (primary N) is 1. The van der Waals surface area contributed by atoms with Gasteiger partial charge in [-0.3, -0.25) is 0 Å². The van der Waals surface area contributed by atoms with Gasteiger partial charge in [-0.05, 0) is 30.7 Å². The van der Waals surface area contributed by atoms with Crippen molar-refractivity contribution in [1.82, 2.24) is 14.5 Å². The Hall–Kier alpha value is -1.49. The third kappa shape index (κ3) is 2.22. The molecule has 2 aromatic heterocycles. The molecule has 4 nitrogen and oxygen atoms in total. The molecule has 1 aliphatic heterocycles. The van der Waals surface area contributed by atoms with Gasteiger partial charge in [0.2, 0.25) is 0 Å². The quantitative estimate of drug-likeness (QED) is 0.921. The van der Waals surface area contributed by atoms with Gasteiger partial charge >= 0.3 is 0 Å². The maximum atomic E-state index is 5.93. The molecule has 0 bridgehead atoms. The topological polar surface area (TPSA) is 56.7 Å². The molecule has 3 heterocycles. The summed E-state index contributed by atoms with van der Waals surface area (Å²) in [5.41, 5.74) is 7.96. The van der Waals surface area contributed by atoms with Crippen molar-refractivity contribution in [3.63, 3.8) is 0 Å². The Kier molecular flexibility index (Phi) is 3.23. The monoisotopic (exact) mass is 260 g/mol. The lowest BCUT2D eigenvalue weighted by Crippen LogP contribution is -2.10. The standard InChI is InChI=1S/C13H16N4S/c14-13-11(4-1-5-16-13)12-7-15-9-17(12)8-10-3-2-6-18-10/h1,4-5,7,9-10H,2-3,6,8H2,(H2,14,16). The molecule has 2 N–H and O–H groups in total. The molecular weight excluding hydrogens is 244 g/mol. The van der Waals surface area contributed by atoms with Gasteiger partial charge in [0.05, 0.1) is 18.2 Å². The highest BCUT2D eigenvalue weighted by Crippen LogP contribution is 2.30. The van der Waals surface area contributed by atoms with Crippen LogP contribution in [0.5, 0.6) is 0 Å². The summed E-state index contributed by atoms with van der Waals surface area (Å²) < 4.78 is 2.19. The summed E-state index contributed by atoms with van der Waals surface area (Å²) in [5.74, 6) is 1.85. The average Bonchev–Trinajstić information content (AvgIpc) is 3.02. The number of aromatic nitrogens is 3. The van der Waals surface area contributed by atoms with Gasteiger partial charge in [0, 0.05) is 23.6 Å². The molecule has 5 heteroatoms. The Bertz CT molecular complexity index is 531. The first-order valence-corrected chi connectivity index (χ1v) is 7.22. The maximum Gasteiger partial charge on any atom is 0.132 e. The molecule has 0 spiro atoms. The van der Waals surface area contributed by atoms with Crippen LogP contribution in [0.1, 0.15) is 12.8 Å². The lowest BCUT2D eigenvalue weighted by molar-refractivity contribution is 0.642. The number of hydrogen-bond donors (Lipinski definition) is 1. The van der Waals surface area contributed by atoms with E-state index in [4.69, 9.17) is 5.73 Å². The highest BCUT2D eigenvalue weighted by molar-refractivity contribution is 8.00. The number of anilines is 1. The second-order valence-corrected chi connectivity index (χ2v) is 5.91. The third-order valence-electron chi connectivity index (χ3n) is 3.25. The number of nitrogen functional groups attached to an aromatic ring is 1. The van der Waals surface area contributed by atoms with Crippen LogP contribution >= 0.6 is 11.8 Å². The Balaban J connectivity index is 1.89. The van der Waals surface area contributed by atoms with Crippen LogP contribution in [0.25, 0.3) is 11.3 Å². The van der Waals surface area contributed by atoms with Gasteiger partial charge in [0.15, 0.2) is 0 Å². The average molecular weight is 260 g/mol. The summed E-state index contributed by atoms with van der Waals surface area (Å²) in [6.07, 6.45) is 8.10. The van der Waals surface area contributed by atoms with E-state index in [2.05, 4.69) is 26.3 Å². The molecule has 0 aliphatic carbocycles. The summed E-state index contributed by atoms with van der Waals surface area (Å²) in [6.45, 7) is 1.01. The van der Waals surface area contributed by atoms with Crippen LogP contribution in [-0.4, -0.2) is 25.5 Å². The smallest absolute Gasteiger partial charge is 0.132 e. The Labute approximate surface area is 111 Å². The van der Waals surface area contributed by atoms with Crippen LogP contribution in [0.2, 0.25) is 0 Å². The Morgan fingerprint density at radius 2 is 2.44 bits per heavy atom. The molecule has 2 aromatic rings. The minimum atomic E-state index is 0.568. The van der Waals surface area contributed by atoms with E-state index in [9.17, 15) is 0 Å². The van der Waals surface area contributed by atoms with Crippen molar-refractivity contribution in [1.29, 1.82) is 0 Å². The minimum absolute atomic E-state index is 0.568. The largest absolute Gasteiger partial charge is 0.383 e. The first-order valence-electron chi connectivity index (χ1n) is 6.17. The summed E-state index contributed by atoms with van der Waals surface area (Å²) in [5, 5.41) is 0.704. The second-order valence-electron chi connectivity index (χ2n) is 4.50. The molecule has 0 radical (unpaired) electrons. The van der Waals surface area contributed by atoms with Crippen LogP contribution in [0, 0.1) is 0 Å². The van der Waals surface area contributed by atoms with Crippen molar-refractivity contribution >= 4 is 17.6 Å². The van der Waals surface area contributed by atoms with Crippen LogP contribution in [0.3, 0.4) is 0 Å². The van der Waals surface area contributed by atoms with E-state index in [0.717, 1.165) is 17.8 Å².